The first-order valence-electron chi connectivity index (χ1n) is 13.2. The number of rotatable bonds is 6. The second kappa shape index (κ2) is 8.01. The molecule has 0 amide bonds. The van der Waals surface area contributed by atoms with E-state index >= 15 is 0 Å². The average molecular weight is 429 g/mol. The number of hydrogen-bond acceptors (Lipinski definition) is 2. The highest BCUT2D eigenvalue weighted by atomic mass is 16.3. The van der Waals surface area contributed by atoms with Crippen molar-refractivity contribution in [1.82, 2.24) is 0 Å². The molecule has 4 aliphatic carbocycles. The first-order chi connectivity index (χ1) is 14.4. The molecule has 2 heteroatoms. The molecule has 0 aromatic heterocycles. The molecule has 2 N–H and O–H groups in total. The minimum atomic E-state index is -0.603. The molecule has 3 saturated carbocycles. The fraction of sp³-hybridized carbons (Fsp3) is 0.862. The SMILES string of the molecule is C=CC[C@@](C)(O)CC[C@@H](C)[C@H]1CC[C@H]2[C@@H]3CC=C4C[C@@](C)(O)CC[C@]4(C)[C@H]3CC[C@]12C. The Morgan fingerprint density at radius 1 is 1.16 bits per heavy atom. The monoisotopic (exact) mass is 428 g/mol. The van der Waals surface area contributed by atoms with E-state index in [1.54, 1.807) is 5.57 Å². The molecule has 0 saturated heterocycles. The van der Waals surface area contributed by atoms with E-state index in [0.29, 0.717) is 23.2 Å². The summed E-state index contributed by atoms with van der Waals surface area (Å²) in [6.45, 7) is 15.4. The maximum absolute atomic E-state index is 10.7. The maximum Gasteiger partial charge on any atom is 0.0657 e. The van der Waals surface area contributed by atoms with Crippen LogP contribution in [0.5, 0.6) is 0 Å². The van der Waals surface area contributed by atoms with Crippen molar-refractivity contribution in [1.29, 1.82) is 0 Å². The predicted octanol–water partition coefficient (Wildman–Crippen LogP) is 7.06. The molecular weight excluding hydrogens is 380 g/mol. The van der Waals surface area contributed by atoms with Gasteiger partial charge in [-0.2, -0.15) is 0 Å². The van der Waals surface area contributed by atoms with Gasteiger partial charge in [-0.15, -0.1) is 6.58 Å². The van der Waals surface area contributed by atoms with Gasteiger partial charge < -0.3 is 10.2 Å². The van der Waals surface area contributed by atoms with E-state index in [2.05, 4.69) is 33.4 Å². The fourth-order valence-electron chi connectivity index (χ4n) is 8.93. The van der Waals surface area contributed by atoms with Crippen molar-refractivity contribution in [2.45, 2.75) is 116 Å². The molecule has 3 fully saturated rings. The molecule has 9 atom stereocenters. The van der Waals surface area contributed by atoms with Crippen molar-refractivity contribution in [2.75, 3.05) is 0 Å². The summed E-state index contributed by atoms with van der Waals surface area (Å²) in [4.78, 5) is 0. The van der Waals surface area contributed by atoms with Gasteiger partial charge in [0.05, 0.1) is 11.2 Å². The Morgan fingerprint density at radius 2 is 1.90 bits per heavy atom. The minimum absolute atomic E-state index is 0.319. The van der Waals surface area contributed by atoms with Gasteiger partial charge in [0.25, 0.3) is 0 Å². The quantitative estimate of drug-likeness (QED) is 0.445. The van der Waals surface area contributed by atoms with Crippen molar-refractivity contribution in [3.63, 3.8) is 0 Å². The third-order valence-electron chi connectivity index (χ3n) is 10.9. The Hall–Kier alpha value is -0.600. The number of allylic oxidation sites excluding steroid dienone is 1. The van der Waals surface area contributed by atoms with Crippen molar-refractivity contribution >= 4 is 0 Å². The van der Waals surface area contributed by atoms with Crippen LogP contribution in [-0.2, 0) is 0 Å². The van der Waals surface area contributed by atoms with Crippen LogP contribution in [0.1, 0.15) is 105 Å². The molecule has 0 radical (unpaired) electrons. The summed E-state index contributed by atoms with van der Waals surface area (Å²) < 4.78 is 0. The lowest BCUT2D eigenvalue weighted by molar-refractivity contribution is -0.0714. The van der Waals surface area contributed by atoms with Gasteiger partial charge in [0.15, 0.2) is 0 Å². The van der Waals surface area contributed by atoms with Crippen LogP contribution in [0.15, 0.2) is 24.3 Å². The van der Waals surface area contributed by atoms with Gasteiger partial charge in [-0.1, -0.05) is 38.5 Å². The van der Waals surface area contributed by atoms with Gasteiger partial charge in [0.1, 0.15) is 0 Å². The zero-order valence-corrected chi connectivity index (χ0v) is 20.9. The standard InChI is InChI=1S/C29H48O2/c1-7-14-26(3,30)15-12-20(2)23-10-11-24-22-9-8-21-19-27(4,31)17-18-28(21,5)25(22)13-16-29(23,24)6/h7-8,20,22-25,30-31H,1,9-19H2,2-6H3/t20-,22+,23-,24+,25+,26-,27+,28+,29-/m1/s1. The van der Waals surface area contributed by atoms with Crippen molar-refractivity contribution in [3.05, 3.63) is 24.3 Å². The van der Waals surface area contributed by atoms with E-state index in [9.17, 15) is 10.2 Å². The van der Waals surface area contributed by atoms with Crippen LogP contribution in [0.25, 0.3) is 0 Å². The average Bonchev–Trinajstić information content (AvgIpc) is 3.04. The molecule has 0 aliphatic heterocycles. The molecule has 176 valence electrons. The summed E-state index contributed by atoms with van der Waals surface area (Å²) in [5.41, 5.74) is 1.25. The van der Waals surface area contributed by atoms with Crippen molar-refractivity contribution in [2.24, 2.45) is 40.4 Å². The molecule has 0 aromatic rings. The lowest BCUT2D eigenvalue weighted by Gasteiger charge is -2.59. The lowest BCUT2D eigenvalue weighted by Crippen LogP contribution is -2.52. The molecule has 2 nitrogen and oxygen atoms in total. The Kier molecular flexibility index (Phi) is 6.09. The topological polar surface area (TPSA) is 40.5 Å². The van der Waals surface area contributed by atoms with Gasteiger partial charge in [-0.3, -0.25) is 0 Å². The highest BCUT2D eigenvalue weighted by molar-refractivity contribution is 5.26. The van der Waals surface area contributed by atoms with Crippen LogP contribution in [0, 0.1) is 40.4 Å². The molecule has 4 rings (SSSR count). The molecule has 0 unspecified atom stereocenters. The number of fused-ring (bicyclic) bond motifs is 5. The first-order valence-corrected chi connectivity index (χ1v) is 13.2. The third kappa shape index (κ3) is 4.10. The molecule has 0 bridgehead atoms. The Bertz CT molecular complexity index is 718. The highest BCUT2D eigenvalue weighted by Gasteiger charge is 2.59. The second-order valence-corrected chi connectivity index (χ2v) is 13.2. The molecule has 0 aromatic carbocycles. The van der Waals surface area contributed by atoms with Crippen LogP contribution in [0.3, 0.4) is 0 Å². The highest BCUT2D eigenvalue weighted by Crippen LogP contribution is 2.67. The number of aliphatic hydroxyl groups is 2. The lowest BCUT2D eigenvalue weighted by atomic mass is 9.46. The zero-order valence-electron chi connectivity index (χ0n) is 20.9. The minimum Gasteiger partial charge on any atom is -0.390 e. The Labute approximate surface area is 191 Å². The predicted molar refractivity (Wildman–Crippen MR) is 130 cm³/mol. The van der Waals surface area contributed by atoms with Crippen molar-refractivity contribution < 1.29 is 10.2 Å². The van der Waals surface area contributed by atoms with Gasteiger partial charge in [0.2, 0.25) is 0 Å². The van der Waals surface area contributed by atoms with E-state index in [0.717, 1.165) is 55.8 Å². The van der Waals surface area contributed by atoms with E-state index in [4.69, 9.17) is 0 Å². The van der Waals surface area contributed by atoms with Gasteiger partial charge in [-0.25, -0.2) is 0 Å². The summed E-state index contributed by atoms with van der Waals surface area (Å²) in [5.74, 6) is 3.96. The smallest absolute Gasteiger partial charge is 0.0657 e. The summed E-state index contributed by atoms with van der Waals surface area (Å²) >= 11 is 0. The van der Waals surface area contributed by atoms with Gasteiger partial charge in [-0.05, 0) is 125 Å². The van der Waals surface area contributed by atoms with E-state index in [1.165, 1.54) is 32.1 Å². The van der Waals surface area contributed by atoms with E-state index in [-0.39, 0.29) is 0 Å². The largest absolute Gasteiger partial charge is 0.390 e. The summed E-state index contributed by atoms with van der Waals surface area (Å²) in [6, 6.07) is 0. The molecule has 4 aliphatic rings. The first kappa shape index (κ1) is 23.6. The van der Waals surface area contributed by atoms with Crippen LogP contribution < -0.4 is 0 Å². The van der Waals surface area contributed by atoms with E-state index < -0.39 is 11.2 Å². The number of hydrogen-bond donors (Lipinski definition) is 2. The van der Waals surface area contributed by atoms with Gasteiger partial charge in [0, 0.05) is 0 Å². The van der Waals surface area contributed by atoms with Gasteiger partial charge >= 0.3 is 0 Å². The normalized spacial score (nSPS) is 47.4. The maximum atomic E-state index is 10.7. The van der Waals surface area contributed by atoms with Crippen LogP contribution in [-0.4, -0.2) is 21.4 Å². The fourth-order valence-corrected chi connectivity index (χ4v) is 8.93. The summed E-state index contributed by atoms with van der Waals surface area (Å²) in [6.07, 6.45) is 16.9. The molecule has 0 spiro atoms. The molecule has 31 heavy (non-hydrogen) atoms. The summed E-state index contributed by atoms with van der Waals surface area (Å²) in [7, 11) is 0. The Balaban J connectivity index is 1.49. The van der Waals surface area contributed by atoms with Crippen LogP contribution >= 0.6 is 0 Å². The van der Waals surface area contributed by atoms with Crippen LogP contribution in [0.4, 0.5) is 0 Å². The molecular formula is C29H48O2. The summed E-state index contributed by atoms with van der Waals surface area (Å²) in [5, 5.41) is 21.3. The van der Waals surface area contributed by atoms with Crippen molar-refractivity contribution in [3.8, 4) is 0 Å². The second-order valence-electron chi connectivity index (χ2n) is 13.2. The Morgan fingerprint density at radius 3 is 2.61 bits per heavy atom. The molecule has 0 heterocycles. The van der Waals surface area contributed by atoms with E-state index in [1.807, 2.05) is 19.9 Å². The zero-order chi connectivity index (χ0) is 22.7. The third-order valence-corrected chi connectivity index (χ3v) is 10.9. The van der Waals surface area contributed by atoms with Crippen LogP contribution in [0.2, 0.25) is 0 Å².